The van der Waals surface area contributed by atoms with E-state index >= 15 is 0 Å². The van der Waals surface area contributed by atoms with Gasteiger partial charge in [-0.3, -0.25) is 9.59 Å². The highest BCUT2D eigenvalue weighted by atomic mass is 16.2. The second-order valence-corrected chi connectivity index (χ2v) is 12.6. The molecule has 218 valence electrons. The molecule has 0 unspecified atom stereocenters. The summed E-state index contributed by atoms with van der Waals surface area (Å²) in [5.74, 6) is 0.353. The summed E-state index contributed by atoms with van der Waals surface area (Å²) < 4.78 is 2.45. The van der Waals surface area contributed by atoms with Crippen molar-refractivity contribution >= 4 is 35.0 Å². The minimum atomic E-state index is -0.102. The van der Waals surface area contributed by atoms with Gasteiger partial charge in [0.2, 0.25) is 17.5 Å². The van der Waals surface area contributed by atoms with Gasteiger partial charge in [0.25, 0.3) is 0 Å². The van der Waals surface area contributed by atoms with Crippen LogP contribution in [0.1, 0.15) is 89.2 Å². The maximum Gasteiger partial charge on any atom is 0.221 e. The Balaban J connectivity index is 1.21. The first-order valence-corrected chi connectivity index (χ1v) is 15.6. The molecule has 2 aromatic rings. The Morgan fingerprint density at radius 3 is 2.15 bits per heavy atom. The standard InChI is InChI=1S/C35H46N4O2/c1-35(2)30-14-4-5-15-31(30)39(24-7-6-16-33(40)36-27-10-8-11-27)32(35)22-19-26-17-20-29(21-18-26)38(3)25-23-34(41)37-28-12-9-13-28/h4-5,14-15,17-22,27-28H,6-13,16,23-25H2,1-3H3,(H-,36,37,40,41)/p+1. The van der Waals surface area contributed by atoms with Gasteiger partial charge in [-0.1, -0.05) is 30.3 Å². The number of amides is 2. The first-order chi connectivity index (χ1) is 19.8. The van der Waals surface area contributed by atoms with Crippen LogP contribution in [0.3, 0.4) is 0 Å². The van der Waals surface area contributed by atoms with Crippen molar-refractivity contribution in [3.8, 4) is 0 Å². The van der Waals surface area contributed by atoms with E-state index in [4.69, 9.17) is 0 Å². The van der Waals surface area contributed by atoms with E-state index in [2.05, 4.69) is 94.6 Å². The molecule has 0 spiro atoms. The first kappa shape index (κ1) is 29.1. The Labute approximate surface area is 245 Å². The zero-order valence-corrected chi connectivity index (χ0v) is 25.1. The van der Waals surface area contributed by atoms with Gasteiger partial charge < -0.3 is 15.5 Å². The highest BCUT2D eigenvalue weighted by Crippen LogP contribution is 2.40. The Morgan fingerprint density at radius 1 is 0.878 bits per heavy atom. The molecule has 0 bridgehead atoms. The number of carbonyl (C=O) groups is 2. The summed E-state index contributed by atoms with van der Waals surface area (Å²) in [7, 11) is 2.05. The van der Waals surface area contributed by atoms with Crippen LogP contribution in [-0.4, -0.2) is 54.3 Å². The van der Waals surface area contributed by atoms with Crippen molar-refractivity contribution in [1.29, 1.82) is 0 Å². The number of unbranched alkanes of at least 4 members (excludes halogenated alkanes) is 1. The van der Waals surface area contributed by atoms with E-state index in [-0.39, 0.29) is 17.2 Å². The number of benzene rings is 2. The lowest BCUT2D eigenvalue weighted by molar-refractivity contribution is -0.438. The summed E-state index contributed by atoms with van der Waals surface area (Å²) >= 11 is 0. The van der Waals surface area contributed by atoms with Gasteiger partial charge >= 0.3 is 0 Å². The molecule has 6 nitrogen and oxygen atoms in total. The number of nitrogens with one attached hydrogen (secondary N) is 2. The summed E-state index contributed by atoms with van der Waals surface area (Å²) in [4.78, 5) is 26.6. The van der Waals surface area contributed by atoms with Crippen molar-refractivity contribution in [3.05, 3.63) is 65.7 Å². The van der Waals surface area contributed by atoms with Crippen LogP contribution in [0.2, 0.25) is 0 Å². The molecule has 3 aliphatic rings. The molecule has 2 fully saturated rings. The minimum absolute atomic E-state index is 0.102. The van der Waals surface area contributed by atoms with Crippen molar-refractivity contribution in [2.24, 2.45) is 0 Å². The lowest BCUT2D eigenvalue weighted by Crippen LogP contribution is -2.40. The van der Waals surface area contributed by atoms with Crippen LogP contribution in [0.4, 0.5) is 11.4 Å². The Bertz CT molecular complexity index is 1290. The molecule has 2 N–H and O–H groups in total. The van der Waals surface area contributed by atoms with Crippen molar-refractivity contribution in [3.63, 3.8) is 0 Å². The van der Waals surface area contributed by atoms with Gasteiger partial charge in [-0.05, 0) is 82.6 Å². The van der Waals surface area contributed by atoms with Crippen LogP contribution in [0.5, 0.6) is 0 Å². The topological polar surface area (TPSA) is 64.5 Å². The molecule has 1 heterocycles. The average molecular weight is 556 g/mol. The van der Waals surface area contributed by atoms with E-state index in [1.54, 1.807) is 0 Å². The van der Waals surface area contributed by atoms with E-state index in [0.717, 1.165) is 56.3 Å². The fourth-order valence-electron chi connectivity index (χ4n) is 6.06. The summed E-state index contributed by atoms with van der Waals surface area (Å²) in [5, 5.41) is 6.29. The summed E-state index contributed by atoms with van der Waals surface area (Å²) in [5.41, 5.74) is 6.07. The van der Waals surface area contributed by atoms with E-state index in [9.17, 15) is 9.59 Å². The fraction of sp³-hybridized carbons (Fsp3) is 0.514. The normalized spacial score (nSPS) is 18.1. The highest BCUT2D eigenvalue weighted by molar-refractivity contribution is 6.05. The maximum atomic E-state index is 12.3. The predicted molar refractivity (Wildman–Crippen MR) is 168 cm³/mol. The third kappa shape index (κ3) is 7.09. The summed E-state index contributed by atoms with van der Waals surface area (Å²) in [6.45, 7) is 6.21. The molecule has 2 aromatic carbocycles. The Morgan fingerprint density at radius 2 is 1.51 bits per heavy atom. The molecule has 2 amide bonds. The number of para-hydroxylation sites is 1. The molecule has 6 heteroatoms. The van der Waals surface area contributed by atoms with Gasteiger partial charge in [-0.2, -0.15) is 4.58 Å². The van der Waals surface area contributed by atoms with E-state index in [0.29, 0.717) is 31.5 Å². The number of anilines is 1. The van der Waals surface area contributed by atoms with E-state index in [1.165, 1.54) is 29.8 Å². The van der Waals surface area contributed by atoms with Gasteiger partial charge in [0, 0.05) is 68.3 Å². The number of hydrogen-bond acceptors (Lipinski definition) is 3. The molecule has 5 rings (SSSR count). The quantitative estimate of drug-likeness (QED) is 0.232. The summed E-state index contributed by atoms with van der Waals surface area (Å²) in [6, 6.07) is 18.1. The van der Waals surface area contributed by atoms with Gasteiger partial charge in [0.15, 0.2) is 5.71 Å². The number of hydrogen-bond donors (Lipinski definition) is 2. The second kappa shape index (κ2) is 13.1. The number of allylic oxidation sites excluding steroid dienone is 1. The van der Waals surface area contributed by atoms with E-state index in [1.807, 2.05) is 7.05 Å². The molecule has 0 atom stereocenters. The van der Waals surface area contributed by atoms with E-state index < -0.39 is 0 Å². The number of nitrogens with zero attached hydrogens (tertiary/aromatic N) is 2. The highest BCUT2D eigenvalue weighted by Gasteiger charge is 2.43. The molecule has 2 saturated carbocycles. The number of rotatable bonds is 13. The van der Waals surface area contributed by atoms with Crippen molar-refractivity contribution < 1.29 is 14.2 Å². The molecular formula is C35H47N4O2+. The van der Waals surface area contributed by atoms with Gasteiger partial charge in [-0.25, -0.2) is 0 Å². The zero-order chi connectivity index (χ0) is 28.8. The van der Waals surface area contributed by atoms with Crippen LogP contribution in [0, 0.1) is 0 Å². The van der Waals surface area contributed by atoms with Crippen LogP contribution in [-0.2, 0) is 15.0 Å². The molecule has 0 radical (unpaired) electrons. The lowest BCUT2D eigenvalue weighted by atomic mass is 9.81. The van der Waals surface area contributed by atoms with Crippen LogP contribution < -0.4 is 15.5 Å². The molecule has 0 saturated heterocycles. The minimum Gasteiger partial charge on any atom is -0.374 e. The van der Waals surface area contributed by atoms with Crippen molar-refractivity contribution in [2.45, 2.75) is 95.6 Å². The fourth-order valence-corrected chi connectivity index (χ4v) is 6.06. The average Bonchev–Trinajstić information content (AvgIpc) is 3.14. The van der Waals surface area contributed by atoms with Gasteiger partial charge in [0.05, 0.1) is 5.41 Å². The molecule has 1 aliphatic heterocycles. The second-order valence-electron chi connectivity index (χ2n) is 12.6. The number of carbonyl (C=O) groups excluding carboxylic acids is 2. The Hall–Kier alpha value is -3.41. The predicted octanol–water partition coefficient (Wildman–Crippen LogP) is 6.11. The van der Waals surface area contributed by atoms with Crippen molar-refractivity contribution in [1.82, 2.24) is 10.6 Å². The van der Waals surface area contributed by atoms with Gasteiger partial charge in [0.1, 0.15) is 6.54 Å². The number of fused-ring (bicyclic) bond motifs is 1. The summed E-state index contributed by atoms with van der Waals surface area (Å²) in [6.07, 6.45) is 14.4. The Kier molecular flexibility index (Phi) is 9.26. The SMILES string of the molecule is CN(CCC(=O)NC1CCC1)c1ccc(/C=C/C2=[N+](CCCCC(=O)NC3CCC3)c3ccccc3C2(C)C)cc1. The van der Waals surface area contributed by atoms with Crippen LogP contribution >= 0.6 is 0 Å². The van der Waals surface area contributed by atoms with Gasteiger partial charge in [-0.15, -0.1) is 0 Å². The third-order valence-corrected chi connectivity index (χ3v) is 9.22. The monoisotopic (exact) mass is 555 g/mol. The maximum absolute atomic E-state index is 12.3. The van der Waals surface area contributed by atoms with Crippen molar-refractivity contribution in [2.75, 3.05) is 25.0 Å². The molecule has 2 aliphatic carbocycles. The van der Waals surface area contributed by atoms with Crippen LogP contribution in [0.25, 0.3) is 6.08 Å². The molecule has 0 aromatic heterocycles. The smallest absolute Gasteiger partial charge is 0.221 e. The zero-order valence-electron chi connectivity index (χ0n) is 25.1. The van der Waals surface area contributed by atoms with Crippen LogP contribution in [0.15, 0.2) is 54.6 Å². The molecular weight excluding hydrogens is 508 g/mol. The third-order valence-electron chi connectivity index (χ3n) is 9.22. The molecule has 41 heavy (non-hydrogen) atoms. The first-order valence-electron chi connectivity index (χ1n) is 15.6. The largest absolute Gasteiger partial charge is 0.374 e. The lowest BCUT2D eigenvalue weighted by Gasteiger charge is -2.27.